The third kappa shape index (κ3) is 2.30. The fourth-order valence-corrected chi connectivity index (χ4v) is 3.82. The molecule has 2 heteroatoms. The minimum absolute atomic E-state index is 0.224. The van der Waals surface area contributed by atoms with Crippen LogP contribution in [-0.4, -0.2) is 21.9 Å². The molecular formula is C15H26O2. The van der Waals surface area contributed by atoms with Crippen LogP contribution >= 0.6 is 0 Å². The van der Waals surface area contributed by atoms with E-state index in [-0.39, 0.29) is 12.0 Å². The summed E-state index contributed by atoms with van der Waals surface area (Å²) in [6, 6.07) is 0. The van der Waals surface area contributed by atoms with Crippen LogP contribution in [0.5, 0.6) is 0 Å². The van der Waals surface area contributed by atoms with E-state index >= 15 is 0 Å². The van der Waals surface area contributed by atoms with E-state index < -0.39 is 5.60 Å². The molecular weight excluding hydrogens is 212 g/mol. The number of allylic oxidation sites excluding steroid dienone is 1. The summed E-state index contributed by atoms with van der Waals surface area (Å²) in [5.74, 6) is 1.98. The summed E-state index contributed by atoms with van der Waals surface area (Å²) in [4.78, 5) is 0. The quantitative estimate of drug-likeness (QED) is 0.690. The van der Waals surface area contributed by atoms with Gasteiger partial charge in [0, 0.05) is 0 Å². The molecule has 0 aromatic carbocycles. The lowest BCUT2D eigenvalue weighted by atomic mass is 9.58. The molecule has 2 rings (SSSR count). The molecule has 17 heavy (non-hydrogen) atoms. The zero-order valence-corrected chi connectivity index (χ0v) is 11.5. The van der Waals surface area contributed by atoms with Crippen molar-refractivity contribution in [2.75, 3.05) is 0 Å². The van der Waals surface area contributed by atoms with E-state index in [2.05, 4.69) is 19.9 Å². The maximum absolute atomic E-state index is 10.5. The molecule has 2 N–H and O–H groups in total. The average molecular weight is 238 g/mol. The standard InChI is InChI=1S/C15H26O2/c1-9(2)11-5-6-15(4,17)13-8-14(16)10(3)7-12(11)13/h7,9,11-14,16-17H,5-6,8H2,1-4H3/t11-,12-,13-,14+,15+/m1/s1. The number of hydrogen-bond donors (Lipinski definition) is 2. The first-order valence-corrected chi connectivity index (χ1v) is 6.91. The average Bonchev–Trinajstić information content (AvgIpc) is 2.20. The second kappa shape index (κ2) is 4.40. The van der Waals surface area contributed by atoms with Gasteiger partial charge in [0.25, 0.3) is 0 Å². The van der Waals surface area contributed by atoms with Crippen LogP contribution in [0.3, 0.4) is 0 Å². The molecule has 2 nitrogen and oxygen atoms in total. The lowest BCUT2D eigenvalue weighted by Crippen LogP contribution is -2.50. The molecule has 0 bridgehead atoms. The van der Waals surface area contributed by atoms with Gasteiger partial charge in [0.2, 0.25) is 0 Å². The summed E-state index contributed by atoms with van der Waals surface area (Å²) in [7, 11) is 0. The van der Waals surface area contributed by atoms with Crippen LogP contribution in [-0.2, 0) is 0 Å². The first kappa shape index (κ1) is 13.1. The van der Waals surface area contributed by atoms with Crippen LogP contribution in [0.2, 0.25) is 0 Å². The molecule has 0 amide bonds. The van der Waals surface area contributed by atoms with Gasteiger partial charge in [-0.25, -0.2) is 0 Å². The molecule has 0 aromatic rings. The van der Waals surface area contributed by atoms with Gasteiger partial charge in [-0.1, -0.05) is 19.9 Å². The van der Waals surface area contributed by atoms with Gasteiger partial charge in [-0.05, 0) is 62.4 Å². The highest BCUT2D eigenvalue weighted by molar-refractivity contribution is 5.17. The van der Waals surface area contributed by atoms with Crippen molar-refractivity contribution in [1.82, 2.24) is 0 Å². The molecule has 2 aliphatic rings. The zero-order valence-electron chi connectivity index (χ0n) is 11.5. The highest BCUT2D eigenvalue weighted by Crippen LogP contribution is 2.49. The minimum Gasteiger partial charge on any atom is -0.390 e. The van der Waals surface area contributed by atoms with Crippen molar-refractivity contribution in [2.24, 2.45) is 23.7 Å². The topological polar surface area (TPSA) is 40.5 Å². The van der Waals surface area contributed by atoms with E-state index in [9.17, 15) is 10.2 Å². The molecule has 1 fully saturated rings. The van der Waals surface area contributed by atoms with Gasteiger partial charge in [-0.3, -0.25) is 0 Å². The van der Waals surface area contributed by atoms with E-state index in [1.54, 1.807) is 0 Å². The smallest absolute Gasteiger partial charge is 0.0751 e. The van der Waals surface area contributed by atoms with Crippen molar-refractivity contribution in [1.29, 1.82) is 0 Å². The Bertz CT molecular complexity index is 317. The van der Waals surface area contributed by atoms with Crippen LogP contribution in [0.4, 0.5) is 0 Å². The summed E-state index contributed by atoms with van der Waals surface area (Å²) in [5.41, 5.74) is 0.489. The Labute approximate surface area is 105 Å². The second-order valence-electron chi connectivity index (χ2n) is 6.65. The Kier molecular flexibility index (Phi) is 3.39. The van der Waals surface area contributed by atoms with E-state index in [1.807, 2.05) is 13.8 Å². The van der Waals surface area contributed by atoms with Crippen LogP contribution in [0.1, 0.15) is 47.0 Å². The maximum atomic E-state index is 10.5. The van der Waals surface area contributed by atoms with Crippen LogP contribution < -0.4 is 0 Å². The summed E-state index contributed by atoms with van der Waals surface area (Å²) in [6.07, 6.45) is 4.58. The van der Waals surface area contributed by atoms with Crippen molar-refractivity contribution < 1.29 is 10.2 Å². The first-order chi connectivity index (χ1) is 7.83. The van der Waals surface area contributed by atoms with Gasteiger partial charge in [0.05, 0.1) is 11.7 Å². The largest absolute Gasteiger partial charge is 0.390 e. The molecule has 5 atom stereocenters. The fourth-order valence-electron chi connectivity index (χ4n) is 3.82. The Morgan fingerprint density at radius 3 is 2.65 bits per heavy atom. The Morgan fingerprint density at radius 1 is 1.41 bits per heavy atom. The van der Waals surface area contributed by atoms with Crippen molar-refractivity contribution in [3.05, 3.63) is 11.6 Å². The number of rotatable bonds is 1. The van der Waals surface area contributed by atoms with Gasteiger partial charge in [0.15, 0.2) is 0 Å². The summed E-state index contributed by atoms with van der Waals surface area (Å²) in [5, 5.41) is 20.5. The van der Waals surface area contributed by atoms with Gasteiger partial charge in [0.1, 0.15) is 0 Å². The van der Waals surface area contributed by atoms with E-state index in [0.29, 0.717) is 17.8 Å². The maximum Gasteiger partial charge on any atom is 0.0751 e. The molecule has 0 heterocycles. The molecule has 1 saturated carbocycles. The first-order valence-electron chi connectivity index (χ1n) is 6.91. The molecule has 2 aliphatic carbocycles. The monoisotopic (exact) mass is 238 g/mol. The molecule has 0 radical (unpaired) electrons. The summed E-state index contributed by atoms with van der Waals surface area (Å²) in [6.45, 7) is 8.51. The Hall–Kier alpha value is -0.340. The third-order valence-electron chi connectivity index (χ3n) is 5.06. The molecule has 98 valence electrons. The predicted octanol–water partition coefficient (Wildman–Crippen LogP) is 2.75. The van der Waals surface area contributed by atoms with Gasteiger partial charge in [-0.15, -0.1) is 0 Å². The fraction of sp³-hybridized carbons (Fsp3) is 0.867. The number of aliphatic hydroxyl groups is 2. The number of hydrogen-bond acceptors (Lipinski definition) is 2. The Morgan fingerprint density at radius 2 is 2.06 bits per heavy atom. The van der Waals surface area contributed by atoms with Crippen molar-refractivity contribution >= 4 is 0 Å². The zero-order chi connectivity index (χ0) is 12.8. The lowest BCUT2D eigenvalue weighted by Gasteiger charge is -2.50. The van der Waals surface area contributed by atoms with E-state index in [1.165, 1.54) is 0 Å². The van der Waals surface area contributed by atoms with E-state index in [4.69, 9.17) is 0 Å². The molecule has 0 aromatic heterocycles. The normalized spacial score (nSPS) is 46.6. The highest BCUT2D eigenvalue weighted by atomic mass is 16.3. The third-order valence-corrected chi connectivity index (χ3v) is 5.06. The highest BCUT2D eigenvalue weighted by Gasteiger charge is 2.47. The summed E-state index contributed by atoms with van der Waals surface area (Å²) < 4.78 is 0. The minimum atomic E-state index is -0.603. The van der Waals surface area contributed by atoms with Crippen LogP contribution in [0, 0.1) is 23.7 Å². The molecule has 0 saturated heterocycles. The lowest BCUT2D eigenvalue weighted by molar-refractivity contribution is -0.0927. The van der Waals surface area contributed by atoms with Gasteiger partial charge in [-0.2, -0.15) is 0 Å². The van der Waals surface area contributed by atoms with Crippen molar-refractivity contribution in [3.8, 4) is 0 Å². The van der Waals surface area contributed by atoms with Crippen LogP contribution in [0.15, 0.2) is 11.6 Å². The van der Waals surface area contributed by atoms with Crippen LogP contribution in [0.25, 0.3) is 0 Å². The van der Waals surface area contributed by atoms with Crippen molar-refractivity contribution in [3.63, 3.8) is 0 Å². The molecule has 0 aliphatic heterocycles. The predicted molar refractivity (Wildman–Crippen MR) is 69.5 cm³/mol. The number of aliphatic hydroxyl groups excluding tert-OH is 1. The SMILES string of the molecule is CC1=C[C@@H]2[C@@H](C(C)C)CC[C@](C)(O)[C@@H]2C[C@@H]1O. The second-order valence-corrected chi connectivity index (χ2v) is 6.65. The Balaban J connectivity index is 2.32. The van der Waals surface area contributed by atoms with Gasteiger partial charge >= 0.3 is 0 Å². The molecule has 0 spiro atoms. The number of fused-ring (bicyclic) bond motifs is 1. The summed E-state index contributed by atoms with van der Waals surface area (Å²) >= 11 is 0. The van der Waals surface area contributed by atoms with E-state index in [0.717, 1.165) is 24.8 Å². The van der Waals surface area contributed by atoms with Crippen molar-refractivity contribution in [2.45, 2.75) is 58.7 Å². The molecule has 0 unspecified atom stereocenters. The van der Waals surface area contributed by atoms with Gasteiger partial charge < -0.3 is 10.2 Å².